The summed E-state index contributed by atoms with van der Waals surface area (Å²) in [5.74, 6) is 5.16. The zero-order chi connectivity index (χ0) is 30.9. The first-order chi connectivity index (χ1) is 19.7. The topological polar surface area (TPSA) is 87.0 Å². The van der Waals surface area contributed by atoms with Crippen molar-refractivity contribution in [2.24, 2.45) is 5.90 Å². The Morgan fingerprint density at radius 1 is 1.07 bits per heavy atom. The molecule has 1 aliphatic rings. The van der Waals surface area contributed by atoms with Crippen molar-refractivity contribution in [1.29, 1.82) is 0 Å². The molecule has 1 aliphatic heterocycles. The maximum Gasteiger partial charge on any atom is 0.253 e. The minimum Gasteiger partial charge on any atom is -0.419 e. The van der Waals surface area contributed by atoms with E-state index >= 15 is 0 Å². The van der Waals surface area contributed by atoms with E-state index in [4.69, 9.17) is 5.90 Å². The van der Waals surface area contributed by atoms with Gasteiger partial charge in [0.05, 0.1) is 0 Å². The Morgan fingerprint density at radius 2 is 1.73 bits per heavy atom. The summed E-state index contributed by atoms with van der Waals surface area (Å²) >= 11 is 0. The number of likely N-dealkylation sites (N-methyl/N-ethyl adjacent to an activating group) is 1. The van der Waals surface area contributed by atoms with Gasteiger partial charge in [0.1, 0.15) is 6.26 Å². The molecule has 0 aliphatic carbocycles. The van der Waals surface area contributed by atoms with E-state index in [0.29, 0.717) is 0 Å². The van der Waals surface area contributed by atoms with Gasteiger partial charge in [0.25, 0.3) is 5.91 Å². The van der Waals surface area contributed by atoms with E-state index in [1.54, 1.807) is 25.1 Å². The number of amides is 1. The predicted octanol–water partition coefficient (Wildman–Crippen LogP) is 5.64. The highest BCUT2D eigenvalue weighted by Crippen LogP contribution is 2.24. The summed E-state index contributed by atoms with van der Waals surface area (Å²) in [4.78, 5) is 27.9. The second-order valence-electron chi connectivity index (χ2n) is 9.64. The average Bonchev–Trinajstić information content (AvgIpc) is 2.99. The molecule has 41 heavy (non-hydrogen) atoms. The van der Waals surface area contributed by atoms with E-state index in [1.165, 1.54) is 17.5 Å². The molecule has 2 heterocycles. The number of piperazine rings is 1. The molecule has 1 fully saturated rings. The molecule has 1 aromatic carbocycles. The van der Waals surface area contributed by atoms with Crippen molar-refractivity contribution in [3.8, 4) is 0 Å². The normalized spacial score (nSPS) is 14.1. The number of rotatable bonds is 9. The molecule has 1 saturated heterocycles. The highest BCUT2D eigenvalue weighted by Gasteiger charge is 2.20. The molecule has 0 unspecified atom stereocenters. The number of allylic oxidation sites excluding steroid dienone is 1. The first-order valence-corrected chi connectivity index (χ1v) is 14.6. The van der Waals surface area contributed by atoms with Crippen LogP contribution in [0.5, 0.6) is 0 Å². The fourth-order valence-electron chi connectivity index (χ4n) is 4.59. The van der Waals surface area contributed by atoms with Crippen LogP contribution in [0, 0.1) is 13.8 Å². The molecule has 0 spiro atoms. The molecule has 0 radical (unpaired) electrons. The number of nitrogens with one attached hydrogen (secondary N) is 1. The van der Waals surface area contributed by atoms with Crippen molar-refractivity contribution in [2.45, 2.75) is 48.5 Å². The van der Waals surface area contributed by atoms with Crippen LogP contribution in [0.3, 0.4) is 0 Å². The minimum atomic E-state index is 0.0347. The molecule has 226 valence electrons. The quantitative estimate of drug-likeness (QED) is 0.231. The van der Waals surface area contributed by atoms with Crippen molar-refractivity contribution in [1.82, 2.24) is 20.1 Å². The molecule has 1 aromatic heterocycles. The van der Waals surface area contributed by atoms with E-state index < -0.39 is 0 Å². The minimum absolute atomic E-state index is 0.0347. The Kier molecular flexibility index (Phi) is 16.1. The standard InChI is InChI=1S/C29H40N6O2.2C2H6/c1-21(17-27-23(3)32-11-9-24(27)19-26(31-4)10-16-37-30)20-34-12-14-35(15-13-34)28-8-7-25(18-22(28)2)29(36)33(5)6;2*1-2/h7-11,16-19,31H,12-15,20,30H2,1-6H3;2*1-2H3/b16-10-,21-17+,26-19+;;. The lowest BCUT2D eigenvalue weighted by Crippen LogP contribution is -2.47. The Labute approximate surface area is 248 Å². The molecule has 8 nitrogen and oxygen atoms in total. The van der Waals surface area contributed by atoms with Crippen molar-refractivity contribution >= 4 is 23.7 Å². The number of nitrogens with two attached hydrogens (primary N) is 1. The van der Waals surface area contributed by atoms with E-state index in [2.05, 4.69) is 57.0 Å². The number of carbonyl (C=O) groups excluding carboxylic acids is 1. The number of hydrogen-bond acceptors (Lipinski definition) is 7. The molecular formula is C33H52N6O2. The lowest BCUT2D eigenvalue weighted by atomic mass is 10.0. The Hall–Kier alpha value is -3.62. The number of nitrogens with zero attached hydrogens (tertiary/aromatic N) is 4. The lowest BCUT2D eigenvalue weighted by molar-refractivity contribution is 0.0827. The Bertz CT molecular complexity index is 1180. The summed E-state index contributed by atoms with van der Waals surface area (Å²) in [6.45, 7) is 19.1. The van der Waals surface area contributed by atoms with Crippen LogP contribution in [-0.2, 0) is 4.84 Å². The third kappa shape index (κ3) is 10.7. The number of hydrogen-bond donors (Lipinski definition) is 2. The van der Waals surface area contributed by atoms with Gasteiger partial charge in [-0.25, -0.2) is 0 Å². The van der Waals surface area contributed by atoms with Gasteiger partial charge in [-0.1, -0.05) is 39.3 Å². The fourth-order valence-corrected chi connectivity index (χ4v) is 4.59. The van der Waals surface area contributed by atoms with Crippen LogP contribution in [0.4, 0.5) is 5.69 Å². The SMILES string of the molecule is CC.CC.CNC(/C=C\ON)=C/c1ccnc(C)c1/C=C(\C)CN1CCN(c2ccc(C(=O)N(C)C)cc2C)CC1. The summed E-state index contributed by atoms with van der Waals surface area (Å²) in [6.07, 6.45) is 9.35. The molecule has 0 bridgehead atoms. The van der Waals surface area contributed by atoms with Gasteiger partial charge < -0.3 is 20.0 Å². The summed E-state index contributed by atoms with van der Waals surface area (Å²) in [5, 5.41) is 3.15. The van der Waals surface area contributed by atoms with Gasteiger partial charge in [-0.05, 0) is 68.3 Å². The van der Waals surface area contributed by atoms with Crippen LogP contribution < -0.4 is 16.1 Å². The largest absolute Gasteiger partial charge is 0.419 e. The van der Waals surface area contributed by atoms with Gasteiger partial charge in [-0.2, -0.15) is 5.90 Å². The number of pyridine rings is 1. The highest BCUT2D eigenvalue weighted by molar-refractivity contribution is 5.94. The van der Waals surface area contributed by atoms with Gasteiger partial charge in [0.15, 0.2) is 0 Å². The highest BCUT2D eigenvalue weighted by atomic mass is 16.6. The van der Waals surface area contributed by atoms with Crippen LogP contribution in [0.15, 0.2) is 54.1 Å². The Balaban J connectivity index is 0.00000201. The van der Waals surface area contributed by atoms with Gasteiger partial charge in [0, 0.05) is 88.3 Å². The lowest BCUT2D eigenvalue weighted by Gasteiger charge is -2.37. The van der Waals surface area contributed by atoms with Crippen LogP contribution >= 0.6 is 0 Å². The second kappa shape index (κ2) is 18.7. The Morgan fingerprint density at radius 3 is 2.29 bits per heavy atom. The van der Waals surface area contributed by atoms with Crippen LogP contribution in [0.1, 0.15) is 67.4 Å². The summed E-state index contributed by atoms with van der Waals surface area (Å²) < 4.78 is 0. The van der Waals surface area contributed by atoms with Crippen molar-refractivity contribution in [2.75, 3.05) is 58.8 Å². The maximum atomic E-state index is 12.3. The van der Waals surface area contributed by atoms with Crippen LogP contribution in [-0.4, -0.2) is 74.6 Å². The van der Waals surface area contributed by atoms with Gasteiger partial charge in [0.2, 0.25) is 0 Å². The molecule has 0 saturated carbocycles. The summed E-state index contributed by atoms with van der Waals surface area (Å²) in [5.41, 5.74) is 8.42. The van der Waals surface area contributed by atoms with Gasteiger partial charge in [-0.15, -0.1) is 0 Å². The average molecular weight is 565 g/mol. The van der Waals surface area contributed by atoms with Gasteiger partial charge in [-0.3, -0.25) is 14.7 Å². The number of aromatic nitrogens is 1. The van der Waals surface area contributed by atoms with E-state index in [9.17, 15) is 4.79 Å². The molecule has 3 N–H and O–H groups in total. The number of carbonyl (C=O) groups is 1. The third-order valence-electron chi connectivity index (χ3n) is 6.58. The smallest absolute Gasteiger partial charge is 0.253 e. The first-order valence-electron chi connectivity index (χ1n) is 14.6. The summed E-state index contributed by atoms with van der Waals surface area (Å²) in [7, 11) is 5.43. The van der Waals surface area contributed by atoms with Crippen LogP contribution in [0.2, 0.25) is 0 Å². The first kappa shape index (κ1) is 35.4. The molecule has 8 heteroatoms. The monoisotopic (exact) mass is 564 g/mol. The molecule has 2 aromatic rings. The molecule has 1 amide bonds. The number of anilines is 1. The fraction of sp³-hybridized carbons (Fsp3) is 0.455. The predicted molar refractivity (Wildman–Crippen MR) is 175 cm³/mol. The van der Waals surface area contributed by atoms with Crippen molar-refractivity contribution < 1.29 is 9.63 Å². The van der Waals surface area contributed by atoms with Crippen LogP contribution in [0.25, 0.3) is 12.2 Å². The molecule has 3 rings (SSSR count). The van der Waals surface area contributed by atoms with E-state index in [0.717, 1.165) is 66.4 Å². The number of aryl methyl sites for hydroxylation is 2. The van der Waals surface area contributed by atoms with E-state index in [-0.39, 0.29) is 5.91 Å². The molecule has 0 atom stereocenters. The van der Waals surface area contributed by atoms with Crippen molar-refractivity contribution in [3.63, 3.8) is 0 Å². The number of benzene rings is 1. The third-order valence-corrected chi connectivity index (χ3v) is 6.58. The van der Waals surface area contributed by atoms with Crippen molar-refractivity contribution in [3.05, 3.63) is 82.0 Å². The van der Waals surface area contributed by atoms with Gasteiger partial charge >= 0.3 is 0 Å². The second-order valence-corrected chi connectivity index (χ2v) is 9.64. The van der Waals surface area contributed by atoms with E-state index in [1.807, 2.05) is 66.1 Å². The maximum absolute atomic E-state index is 12.3. The summed E-state index contributed by atoms with van der Waals surface area (Å²) in [6, 6.07) is 8.03. The zero-order valence-electron chi connectivity index (χ0n) is 26.9. The zero-order valence-corrected chi connectivity index (χ0v) is 26.9. The molecular weight excluding hydrogens is 512 g/mol.